The Morgan fingerprint density at radius 2 is 1.88 bits per heavy atom. The molecule has 1 saturated heterocycles. The summed E-state index contributed by atoms with van der Waals surface area (Å²) in [6, 6.07) is 12.9. The number of ether oxygens (including phenoxy) is 2. The van der Waals surface area contributed by atoms with Gasteiger partial charge < -0.3 is 20.1 Å². The molecule has 9 nitrogen and oxygen atoms in total. The van der Waals surface area contributed by atoms with Crippen molar-refractivity contribution in [1.29, 1.82) is 0 Å². The summed E-state index contributed by atoms with van der Waals surface area (Å²) in [5, 5.41) is 5.48. The van der Waals surface area contributed by atoms with Gasteiger partial charge in [0.25, 0.3) is 5.91 Å². The molecule has 0 saturated carbocycles. The first kappa shape index (κ1) is 23.6. The molecule has 2 N–H and O–H groups in total. The summed E-state index contributed by atoms with van der Waals surface area (Å²) in [7, 11) is -2.23. The SMILES string of the molecule is COc1ccc(N(CC(=O)Nc2ccccc2C(=O)NC[C@H]2CCCO2)S(C)(=O)=O)cc1. The van der Waals surface area contributed by atoms with Crippen LogP contribution in [0.1, 0.15) is 23.2 Å². The second-order valence-electron chi connectivity index (χ2n) is 7.41. The number of nitrogens with zero attached hydrogens (tertiary/aromatic N) is 1. The van der Waals surface area contributed by atoms with Gasteiger partial charge in [-0.25, -0.2) is 8.42 Å². The number of rotatable bonds is 9. The van der Waals surface area contributed by atoms with E-state index in [1.54, 1.807) is 48.5 Å². The Hall–Kier alpha value is -3.11. The fourth-order valence-electron chi connectivity index (χ4n) is 3.37. The van der Waals surface area contributed by atoms with Crippen LogP contribution in [0, 0.1) is 0 Å². The van der Waals surface area contributed by atoms with Gasteiger partial charge in [-0.3, -0.25) is 13.9 Å². The highest BCUT2D eigenvalue weighted by Gasteiger charge is 2.23. The first-order valence-electron chi connectivity index (χ1n) is 10.2. The number of carbonyl (C=O) groups excluding carboxylic acids is 2. The van der Waals surface area contributed by atoms with Crippen LogP contribution in [0.5, 0.6) is 5.75 Å². The summed E-state index contributed by atoms with van der Waals surface area (Å²) in [6.45, 7) is 0.635. The summed E-state index contributed by atoms with van der Waals surface area (Å²) in [4.78, 5) is 25.3. The number of hydrogen-bond donors (Lipinski definition) is 2. The van der Waals surface area contributed by atoms with Crippen LogP contribution in [0.4, 0.5) is 11.4 Å². The summed E-state index contributed by atoms with van der Waals surface area (Å²) in [5.41, 5.74) is 0.908. The van der Waals surface area contributed by atoms with Gasteiger partial charge in [0, 0.05) is 13.2 Å². The molecule has 1 atom stereocenters. The van der Waals surface area contributed by atoms with Crippen LogP contribution in [0.3, 0.4) is 0 Å². The summed E-state index contributed by atoms with van der Waals surface area (Å²) in [6.07, 6.45) is 2.88. The Labute approximate surface area is 187 Å². The Balaban J connectivity index is 1.70. The van der Waals surface area contributed by atoms with Gasteiger partial charge in [-0.2, -0.15) is 0 Å². The fraction of sp³-hybridized carbons (Fsp3) is 0.364. The lowest BCUT2D eigenvalue weighted by molar-refractivity contribution is -0.114. The average molecular weight is 462 g/mol. The normalized spacial score (nSPS) is 15.8. The molecule has 0 spiro atoms. The van der Waals surface area contributed by atoms with E-state index in [1.807, 2.05) is 0 Å². The minimum absolute atomic E-state index is 0.00600. The number of sulfonamides is 1. The van der Waals surface area contributed by atoms with Gasteiger partial charge in [0.1, 0.15) is 12.3 Å². The van der Waals surface area contributed by atoms with E-state index in [4.69, 9.17) is 9.47 Å². The average Bonchev–Trinajstić information content (AvgIpc) is 3.29. The summed E-state index contributed by atoms with van der Waals surface area (Å²) < 4.78 is 36.2. The van der Waals surface area contributed by atoms with E-state index in [2.05, 4.69) is 10.6 Å². The first-order chi connectivity index (χ1) is 15.3. The number of nitrogens with one attached hydrogen (secondary N) is 2. The third-order valence-corrected chi connectivity index (χ3v) is 6.15. The molecule has 0 bridgehead atoms. The standard InChI is InChI=1S/C22H27N3O6S/c1-30-17-11-9-16(10-12-17)25(32(2,28)29)15-21(26)24-20-8-4-3-7-19(20)22(27)23-14-18-6-5-13-31-18/h3-4,7-12,18H,5-6,13-15H2,1-2H3,(H,23,27)(H,24,26)/t18-/m1/s1. The lowest BCUT2D eigenvalue weighted by Crippen LogP contribution is -2.38. The largest absolute Gasteiger partial charge is 0.497 e. The first-order valence-corrected chi connectivity index (χ1v) is 12.0. The quantitative estimate of drug-likeness (QED) is 0.591. The lowest BCUT2D eigenvalue weighted by Gasteiger charge is -2.22. The topological polar surface area (TPSA) is 114 Å². The number of anilines is 2. The van der Waals surface area contributed by atoms with Crippen LogP contribution in [0.15, 0.2) is 48.5 Å². The maximum absolute atomic E-state index is 12.7. The molecule has 1 aliphatic heterocycles. The van der Waals surface area contributed by atoms with Crippen molar-refractivity contribution in [2.45, 2.75) is 18.9 Å². The molecule has 0 aliphatic carbocycles. The van der Waals surface area contributed by atoms with Crippen molar-refractivity contribution in [3.05, 3.63) is 54.1 Å². The second kappa shape index (κ2) is 10.5. The number of methoxy groups -OCH3 is 1. The van der Waals surface area contributed by atoms with Crippen molar-refractivity contribution < 1.29 is 27.5 Å². The predicted molar refractivity (Wildman–Crippen MR) is 122 cm³/mol. The van der Waals surface area contributed by atoms with E-state index in [9.17, 15) is 18.0 Å². The van der Waals surface area contributed by atoms with Crippen LogP contribution in [-0.4, -0.2) is 59.4 Å². The van der Waals surface area contributed by atoms with Crippen LogP contribution in [0.25, 0.3) is 0 Å². The van der Waals surface area contributed by atoms with E-state index >= 15 is 0 Å². The molecule has 0 radical (unpaired) electrons. The highest BCUT2D eigenvalue weighted by Crippen LogP contribution is 2.22. The summed E-state index contributed by atoms with van der Waals surface area (Å²) >= 11 is 0. The molecule has 2 aromatic rings. The van der Waals surface area contributed by atoms with Gasteiger partial charge in [0.2, 0.25) is 15.9 Å². The zero-order valence-corrected chi connectivity index (χ0v) is 18.9. The molecule has 2 aromatic carbocycles. The molecule has 172 valence electrons. The number of benzene rings is 2. The molecule has 1 heterocycles. The van der Waals surface area contributed by atoms with E-state index in [-0.39, 0.29) is 17.6 Å². The van der Waals surface area contributed by atoms with Crippen LogP contribution in [0.2, 0.25) is 0 Å². The molecule has 0 unspecified atom stereocenters. The van der Waals surface area contributed by atoms with Crippen molar-refractivity contribution in [2.24, 2.45) is 0 Å². The van der Waals surface area contributed by atoms with E-state index in [0.717, 1.165) is 23.4 Å². The highest BCUT2D eigenvalue weighted by atomic mass is 32.2. The number of para-hydroxylation sites is 1. The Morgan fingerprint density at radius 3 is 2.50 bits per heavy atom. The number of amides is 2. The monoisotopic (exact) mass is 461 g/mol. The Bertz CT molecular complexity index is 1050. The van der Waals surface area contributed by atoms with Gasteiger partial charge in [-0.1, -0.05) is 12.1 Å². The Kier molecular flexibility index (Phi) is 7.70. The van der Waals surface area contributed by atoms with Gasteiger partial charge in [0.05, 0.1) is 36.4 Å². The van der Waals surface area contributed by atoms with Crippen molar-refractivity contribution in [3.63, 3.8) is 0 Å². The minimum atomic E-state index is -3.73. The van der Waals surface area contributed by atoms with E-state index < -0.39 is 22.5 Å². The van der Waals surface area contributed by atoms with E-state index in [0.29, 0.717) is 30.3 Å². The minimum Gasteiger partial charge on any atom is -0.497 e. The Morgan fingerprint density at radius 1 is 1.16 bits per heavy atom. The third-order valence-electron chi connectivity index (χ3n) is 5.01. The second-order valence-corrected chi connectivity index (χ2v) is 9.31. The maximum atomic E-state index is 12.7. The van der Waals surface area contributed by atoms with Crippen molar-refractivity contribution >= 4 is 33.2 Å². The van der Waals surface area contributed by atoms with Crippen LogP contribution >= 0.6 is 0 Å². The van der Waals surface area contributed by atoms with Crippen molar-refractivity contribution in [1.82, 2.24) is 5.32 Å². The molecule has 1 fully saturated rings. The molecule has 3 rings (SSSR count). The van der Waals surface area contributed by atoms with Gasteiger partial charge >= 0.3 is 0 Å². The molecule has 0 aromatic heterocycles. The predicted octanol–water partition coefficient (Wildman–Crippen LogP) is 2.01. The number of hydrogen-bond acceptors (Lipinski definition) is 6. The molecule has 32 heavy (non-hydrogen) atoms. The molecule has 1 aliphatic rings. The maximum Gasteiger partial charge on any atom is 0.253 e. The summed E-state index contributed by atoms with van der Waals surface area (Å²) in [5.74, 6) is -0.355. The smallest absolute Gasteiger partial charge is 0.253 e. The zero-order chi connectivity index (χ0) is 23.1. The third kappa shape index (κ3) is 6.21. The van der Waals surface area contributed by atoms with E-state index in [1.165, 1.54) is 7.11 Å². The van der Waals surface area contributed by atoms with Crippen LogP contribution in [-0.2, 0) is 19.6 Å². The highest BCUT2D eigenvalue weighted by molar-refractivity contribution is 7.92. The van der Waals surface area contributed by atoms with Gasteiger partial charge in [-0.05, 0) is 49.2 Å². The molecular formula is C22H27N3O6S. The van der Waals surface area contributed by atoms with Gasteiger partial charge in [-0.15, -0.1) is 0 Å². The van der Waals surface area contributed by atoms with Crippen LogP contribution < -0.4 is 19.7 Å². The van der Waals surface area contributed by atoms with Crippen molar-refractivity contribution in [3.8, 4) is 5.75 Å². The molecular weight excluding hydrogens is 434 g/mol. The molecule has 10 heteroatoms. The lowest BCUT2D eigenvalue weighted by atomic mass is 10.1. The van der Waals surface area contributed by atoms with Gasteiger partial charge in [0.15, 0.2) is 0 Å². The van der Waals surface area contributed by atoms with Crippen molar-refractivity contribution in [2.75, 3.05) is 42.7 Å². The zero-order valence-electron chi connectivity index (χ0n) is 18.0. The number of carbonyl (C=O) groups is 2. The fourth-order valence-corrected chi connectivity index (χ4v) is 4.22. The molecule has 2 amide bonds.